The number of pyridine rings is 1. The summed E-state index contributed by atoms with van der Waals surface area (Å²) in [6.07, 6.45) is 6.34. The smallest absolute Gasteiger partial charge is 0.227 e. The van der Waals surface area contributed by atoms with E-state index in [2.05, 4.69) is 63.7 Å². The molecular weight excluding hydrogens is 370 g/mol. The van der Waals surface area contributed by atoms with Crippen molar-refractivity contribution in [1.82, 2.24) is 15.2 Å². The average Bonchev–Trinajstić information content (AvgIpc) is 2.80. The van der Waals surface area contributed by atoms with E-state index in [1.807, 2.05) is 30.6 Å². The average molecular weight is 400 g/mol. The van der Waals surface area contributed by atoms with E-state index in [-0.39, 0.29) is 11.3 Å². The minimum atomic E-state index is -0.389. The van der Waals surface area contributed by atoms with Crippen molar-refractivity contribution in [2.45, 2.75) is 25.8 Å². The van der Waals surface area contributed by atoms with Gasteiger partial charge in [-0.25, -0.2) is 0 Å². The van der Waals surface area contributed by atoms with Crippen molar-refractivity contribution >= 4 is 5.91 Å². The van der Waals surface area contributed by atoms with Crippen LogP contribution in [0, 0.1) is 5.41 Å². The Balaban J connectivity index is 1.52. The number of aromatic nitrogens is 1. The van der Waals surface area contributed by atoms with Gasteiger partial charge in [0, 0.05) is 32.5 Å². The first-order valence-corrected chi connectivity index (χ1v) is 10.7. The molecule has 3 aromatic rings. The maximum Gasteiger partial charge on any atom is 0.227 e. The van der Waals surface area contributed by atoms with Gasteiger partial charge in [0.05, 0.1) is 5.41 Å². The van der Waals surface area contributed by atoms with Crippen LogP contribution in [0.4, 0.5) is 0 Å². The van der Waals surface area contributed by atoms with Crippen LogP contribution in [0.25, 0.3) is 11.1 Å². The van der Waals surface area contributed by atoms with Crippen LogP contribution in [0.3, 0.4) is 0 Å². The van der Waals surface area contributed by atoms with Crippen LogP contribution in [-0.4, -0.2) is 35.9 Å². The summed E-state index contributed by atoms with van der Waals surface area (Å²) in [4.78, 5) is 19.6. The molecule has 0 saturated carbocycles. The maximum absolute atomic E-state index is 13.0. The summed E-state index contributed by atoms with van der Waals surface area (Å²) in [6, 6.07) is 23.2. The number of nitrogens with one attached hydrogen (secondary N) is 1. The van der Waals surface area contributed by atoms with Gasteiger partial charge in [-0.3, -0.25) is 14.7 Å². The van der Waals surface area contributed by atoms with Gasteiger partial charge in [-0.2, -0.15) is 0 Å². The number of benzene rings is 2. The van der Waals surface area contributed by atoms with Crippen LogP contribution in [0.1, 0.15) is 24.0 Å². The summed E-state index contributed by atoms with van der Waals surface area (Å²) in [5.41, 5.74) is 4.44. The van der Waals surface area contributed by atoms with Crippen molar-refractivity contribution in [3.05, 3.63) is 90.3 Å². The monoisotopic (exact) mass is 399 g/mol. The molecule has 1 saturated heterocycles. The molecule has 2 heterocycles. The van der Waals surface area contributed by atoms with Crippen LogP contribution >= 0.6 is 0 Å². The van der Waals surface area contributed by atoms with Crippen LogP contribution in [0.15, 0.2) is 79.1 Å². The number of carbonyl (C=O) groups is 1. The van der Waals surface area contributed by atoms with Crippen LogP contribution in [-0.2, 0) is 17.8 Å². The highest BCUT2D eigenvalue weighted by Gasteiger charge is 2.41. The van der Waals surface area contributed by atoms with Gasteiger partial charge in [0.2, 0.25) is 5.91 Å². The Morgan fingerprint density at radius 2 is 1.67 bits per heavy atom. The fourth-order valence-electron chi connectivity index (χ4n) is 4.63. The Morgan fingerprint density at radius 1 is 0.967 bits per heavy atom. The molecule has 0 spiro atoms. The highest BCUT2D eigenvalue weighted by atomic mass is 16.2. The molecule has 4 heteroatoms. The Bertz CT molecular complexity index is 957. The summed E-state index contributed by atoms with van der Waals surface area (Å²) in [5, 5.41) is 2.94. The van der Waals surface area contributed by atoms with Gasteiger partial charge in [-0.1, -0.05) is 54.6 Å². The van der Waals surface area contributed by atoms with E-state index in [0.29, 0.717) is 0 Å². The summed E-state index contributed by atoms with van der Waals surface area (Å²) in [7, 11) is 1.76. The predicted molar refractivity (Wildman–Crippen MR) is 121 cm³/mol. The highest BCUT2D eigenvalue weighted by Crippen LogP contribution is 2.35. The molecule has 30 heavy (non-hydrogen) atoms. The minimum absolute atomic E-state index is 0.151. The molecule has 1 aromatic heterocycles. The maximum atomic E-state index is 13.0. The van der Waals surface area contributed by atoms with E-state index in [4.69, 9.17) is 0 Å². The number of piperidine rings is 1. The lowest BCUT2D eigenvalue weighted by molar-refractivity contribution is -0.134. The summed E-state index contributed by atoms with van der Waals surface area (Å²) >= 11 is 0. The van der Waals surface area contributed by atoms with E-state index < -0.39 is 0 Å². The molecule has 4 nitrogen and oxygen atoms in total. The van der Waals surface area contributed by atoms with Gasteiger partial charge in [0.15, 0.2) is 0 Å². The zero-order valence-corrected chi connectivity index (χ0v) is 17.6. The van der Waals surface area contributed by atoms with Crippen molar-refractivity contribution in [2.24, 2.45) is 5.41 Å². The molecule has 0 bridgehead atoms. The highest BCUT2D eigenvalue weighted by molar-refractivity contribution is 5.83. The van der Waals surface area contributed by atoms with Crippen LogP contribution < -0.4 is 5.32 Å². The molecule has 1 atom stereocenters. The van der Waals surface area contributed by atoms with Gasteiger partial charge in [-0.15, -0.1) is 0 Å². The molecule has 0 radical (unpaired) electrons. The van der Waals surface area contributed by atoms with Gasteiger partial charge >= 0.3 is 0 Å². The predicted octanol–water partition coefficient (Wildman–Crippen LogP) is 4.32. The normalized spacial score (nSPS) is 19.4. The number of likely N-dealkylation sites (tertiary alicyclic amines) is 1. The number of hydrogen-bond donors (Lipinski definition) is 1. The Labute approximate surface area is 179 Å². The largest absolute Gasteiger partial charge is 0.359 e. The van der Waals surface area contributed by atoms with Crippen molar-refractivity contribution in [3.63, 3.8) is 0 Å². The molecule has 1 aliphatic rings. The fourth-order valence-corrected chi connectivity index (χ4v) is 4.63. The van der Waals surface area contributed by atoms with E-state index in [9.17, 15) is 4.79 Å². The third-order valence-corrected chi connectivity index (χ3v) is 6.12. The number of hydrogen-bond acceptors (Lipinski definition) is 3. The van der Waals surface area contributed by atoms with E-state index in [1.54, 1.807) is 7.05 Å². The van der Waals surface area contributed by atoms with Crippen LogP contribution in [0.5, 0.6) is 0 Å². The molecule has 2 aromatic carbocycles. The first kappa shape index (κ1) is 20.3. The number of nitrogens with zero attached hydrogens (tertiary/aromatic N) is 2. The second kappa shape index (κ2) is 9.23. The van der Waals surface area contributed by atoms with Crippen molar-refractivity contribution in [1.29, 1.82) is 0 Å². The number of rotatable bonds is 6. The SMILES string of the molecule is CNC(=O)[C@@]1(Cc2ccc(-c3ccncc3)cc2)CCCN(Cc2ccccc2)C1. The second-order valence-electron chi connectivity index (χ2n) is 8.27. The fraction of sp³-hybridized carbons (Fsp3) is 0.308. The molecule has 0 aliphatic carbocycles. The lowest BCUT2D eigenvalue weighted by atomic mass is 9.74. The third-order valence-electron chi connectivity index (χ3n) is 6.12. The number of amides is 1. The van der Waals surface area contributed by atoms with E-state index >= 15 is 0 Å². The molecule has 0 unspecified atom stereocenters. The Kier molecular flexibility index (Phi) is 6.24. The first-order valence-electron chi connectivity index (χ1n) is 10.7. The second-order valence-corrected chi connectivity index (χ2v) is 8.27. The molecule has 1 fully saturated rings. The zero-order chi connectivity index (χ0) is 20.8. The molecule has 1 N–H and O–H groups in total. The molecule has 1 aliphatic heterocycles. The standard InChI is InChI=1S/C26H29N3O/c1-27-25(30)26(14-5-17-29(20-26)19-22-6-3-2-4-7-22)18-21-8-10-23(11-9-21)24-12-15-28-16-13-24/h2-4,6-13,15-16H,5,14,17-20H2,1H3,(H,27,30)/t26-/m1/s1. The lowest BCUT2D eigenvalue weighted by Gasteiger charge is -2.41. The topological polar surface area (TPSA) is 45.2 Å². The molecular formula is C26H29N3O. The summed E-state index contributed by atoms with van der Waals surface area (Å²) in [5.74, 6) is 0.151. The summed E-state index contributed by atoms with van der Waals surface area (Å²) in [6.45, 7) is 2.71. The Hall–Kier alpha value is -2.98. The molecule has 1 amide bonds. The van der Waals surface area contributed by atoms with Crippen molar-refractivity contribution < 1.29 is 4.79 Å². The minimum Gasteiger partial charge on any atom is -0.359 e. The first-order chi connectivity index (χ1) is 14.7. The van der Waals surface area contributed by atoms with Gasteiger partial charge < -0.3 is 5.32 Å². The van der Waals surface area contributed by atoms with Crippen LogP contribution in [0.2, 0.25) is 0 Å². The van der Waals surface area contributed by atoms with E-state index in [1.165, 1.54) is 16.7 Å². The van der Waals surface area contributed by atoms with Crippen molar-refractivity contribution in [2.75, 3.05) is 20.1 Å². The van der Waals surface area contributed by atoms with Gasteiger partial charge in [-0.05, 0) is 60.2 Å². The zero-order valence-electron chi connectivity index (χ0n) is 17.6. The molecule has 154 valence electrons. The molecule has 4 rings (SSSR count). The number of carbonyl (C=O) groups excluding carboxylic acids is 1. The Morgan fingerprint density at radius 3 is 2.37 bits per heavy atom. The summed E-state index contributed by atoms with van der Waals surface area (Å²) < 4.78 is 0. The third kappa shape index (κ3) is 4.60. The van der Waals surface area contributed by atoms with Gasteiger partial charge in [0.25, 0.3) is 0 Å². The van der Waals surface area contributed by atoms with Crippen molar-refractivity contribution in [3.8, 4) is 11.1 Å². The quantitative estimate of drug-likeness (QED) is 0.671. The van der Waals surface area contributed by atoms with Gasteiger partial charge in [0.1, 0.15) is 0 Å². The van der Waals surface area contributed by atoms with E-state index in [0.717, 1.165) is 44.5 Å². The lowest BCUT2D eigenvalue weighted by Crippen LogP contribution is -2.52.